The Kier molecular flexibility index (Phi) is 14.4. The molecule has 0 aliphatic heterocycles. The third kappa shape index (κ3) is 14.2. The van der Waals surface area contributed by atoms with Crippen LogP contribution in [0.25, 0.3) is 0 Å². The highest BCUT2D eigenvalue weighted by Crippen LogP contribution is 2.24. The van der Waals surface area contributed by atoms with Crippen molar-refractivity contribution < 1.29 is 0 Å². The summed E-state index contributed by atoms with van der Waals surface area (Å²) in [6, 6.07) is 0. The average molecular weight is 269 g/mol. The van der Waals surface area contributed by atoms with Crippen molar-refractivity contribution in [2.75, 3.05) is 0 Å². The summed E-state index contributed by atoms with van der Waals surface area (Å²) < 4.78 is 0. The third-order valence-corrected chi connectivity index (χ3v) is 4.24. The molecule has 1 unspecified atom stereocenters. The summed E-state index contributed by atoms with van der Waals surface area (Å²) in [5.74, 6) is 1.90. The summed E-state index contributed by atoms with van der Waals surface area (Å²) in [6.07, 6.45) is 18.9. The van der Waals surface area contributed by atoms with Crippen LogP contribution in [0, 0.1) is 11.8 Å². The van der Waals surface area contributed by atoms with Crippen molar-refractivity contribution in [3.05, 3.63) is 0 Å². The minimum atomic E-state index is 0.885. The van der Waals surface area contributed by atoms with E-state index >= 15 is 0 Å². The lowest BCUT2D eigenvalue weighted by Gasteiger charge is -2.19. The molecule has 0 fully saturated rings. The molecule has 0 saturated carbocycles. The molecule has 1 atom stereocenters. The van der Waals surface area contributed by atoms with Crippen LogP contribution in [0.5, 0.6) is 0 Å². The van der Waals surface area contributed by atoms with E-state index in [1.54, 1.807) is 0 Å². The van der Waals surface area contributed by atoms with Crippen molar-refractivity contribution in [3.63, 3.8) is 0 Å². The number of unbranched alkanes of at least 4 members (excludes halogenated alkanes) is 8. The van der Waals surface area contributed by atoms with Gasteiger partial charge in [-0.3, -0.25) is 0 Å². The van der Waals surface area contributed by atoms with Gasteiger partial charge >= 0.3 is 0 Å². The Bertz CT molecular complexity index is 159. The second-order valence-electron chi connectivity index (χ2n) is 6.90. The lowest BCUT2D eigenvalue weighted by atomic mass is 9.87. The second kappa shape index (κ2) is 14.4. The Morgan fingerprint density at radius 2 is 1.00 bits per heavy atom. The molecule has 0 aromatic carbocycles. The summed E-state index contributed by atoms with van der Waals surface area (Å²) in [6.45, 7) is 9.39. The highest BCUT2D eigenvalue weighted by atomic mass is 14.2. The maximum atomic E-state index is 2.39. The molecular formula is C19H40. The van der Waals surface area contributed by atoms with E-state index in [2.05, 4.69) is 27.7 Å². The number of hydrogen-bond acceptors (Lipinski definition) is 0. The van der Waals surface area contributed by atoms with Crippen molar-refractivity contribution in [2.45, 2.75) is 111 Å². The SMILES string of the molecule is CCCCCCCCC(CCCCCC)CC(C)C. The van der Waals surface area contributed by atoms with Crippen LogP contribution in [0.3, 0.4) is 0 Å². The van der Waals surface area contributed by atoms with Gasteiger partial charge in [-0.15, -0.1) is 0 Å². The van der Waals surface area contributed by atoms with Gasteiger partial charge in [0.2, 0.25) is 0 Å². The Labute approximate surface area is 123 Å². The molecule has 19 heavy (non-hydrogen) atoms. The van der Waals surface area contributed by atoms with Crippen LogP contribution >= 0.6 is 0 Å². The van der Waals surface area contributed by atoms with Crippen molar-refractivity contribution in [2.24, 2.45) is 11.8 Å². The van der Waals surface area contributed by atoms with Crippen LogP contribution in [0.15, 0.2) is 0 Å². The van der Waals surface area contributed by atoms with Gasteiger partial charge < -0.3 is 0 Å². The van der Waals surface area contributed by atoms with Crippen LogP contribution in [-0.4, -0.2) is 0 Å². The standard InChI is InChI=1S/C19H40/c1-5-7-9-11-12-14-16-19(17-18(3)4)15-13-10-8-6-2/h18-19H,5-17H2,1-4H3. The smallest absolute Gasteiger partial charge is 0.0412 e. The first-order chi connectivity index (χ1) is 9.20. The Balaban J connectivity index is 3.61. The van der Waals surface area contributed by atoms with Gasteiger partial charge in [0.05, 0.1) is 0 Å². The first-order valence-corrected chi connectivity index (χ1v) is 9.20. The highest BCUT2D eigenvalue weighted by molar-refractivity contribution is 4.63. The van der Waals surface area contributed by atoms with E-state index in [0.29, 0.717) is 0 Å². The van der Waals surface area contributed by atoms with Gasteiger partial charge in [-0.1, -0.05) is 105 Å². The van der Waals surface area contributed by atoms with Gasteiger partial charge in [-0.25, -0.2) is 0 Å². The highest BCUT2D eigenvalue weighted by Gasteiger charge is 2.10. The molecule has 0 radical (unpaired) electrons. The molecule has 0 aromatic rings. The predicted octanol–water partition coefficient (Wildman–Crippen LogP) is 7.37. The predicted molar refractivity (Wildman–Crippen MR) is 89.7 cm³/mol. The molecule has 0 rings (SSSR count). The molecule has 0 aliphatic rings. The van der Waals surface area contributed by atoms with Gasteiger partial charge in [-0.05, 0) is 18.3 Å². The van der Waals surface area contributed by atoms with Crippen LogP contribution in [0.1, 0.15) is 111 Å². The van der Waals surface area contributed by atoms with E-state index in [9.17, 15) is 0 Å². The lowest BCUT2D eigenvalue weighted by Crippen LogP contribution is -2.05. The maximum absolute atomic E-state index is 2.39. The van der Waals surface area contributed by atoms with E-state index in [0.717, 1.165) is 11.8 Å². The molecule has 0 heterocycles. The van der Waals surface area contributed by atoms with E-state index in [1.165, 1.54) is 83.5 Å². The maximum Gasteiger partial charge on any atom is -0.0412 e. The van der Waals surface area contributed by atoms with Crippen LogP contribution in [0.4, 0.5) is 0 Å². The summed E-state index contributed by atoms with van der Waals surface area (Å²) in [4.78, 5) is 0. The third-order valence-electron chi connectivity index (χ3n) is 4.24. The minimum absolute atomic E-state index is 0.885. The van der Waals surface area contributed by atoms with Gasteiger partial charge in [0.15, 0.2) is 0 Å². The topological polar surface area (TPSA) is 0 Å². The summed E-state index contributed by atoms with van der Waals surface area (Å²) in [5, 5.41) is 0. The normalized spacial score (nSPS) is 13.1. The zero-order chi connectivity index (χ0) is 14.3. The molecule has 0 bridgehead atoms. The molecule has 0 heteroatoms. The van der Waals surface area contributed by atoms with Crippen molar-refractivity contribution in [1.82, 2.24) is 0 Å². The van der Waals surface area contributed by atoms with Gasteiger partial charge in [0.25, 0.3) is 0 Å². The average Bonchev–Trinajstić information content (AvgIpc) is 2.37. The van der Waals surface area contributed by atoms with Crippen molar-refractivity contribution in [1.29, 1.82) is 0 Å². The Morgan fingerprint density at radius 3 is 1.47 bits per heavy atom. The van der Waals surface area contributed by atoms with Crippen LogP contribution in [0.2, 0.25) is 0 Å². The van der Waals surface area contributed by atoms with Gasteiger partial charge in [0.1, 0.15) is 0 Å². The zero-order valence-corrected chi connectivity index (χ0v) is 14.3. The van der Waals surface area contributed by atoms with E-state index < -0.39 is 0 Å². The molecule has 0 aromatic heterocycles. The number of hydrogen-bond donors (Lipinski definition) is 0. The molecule has 0 spiro atoms. The molecular weight excluding hydrogens is 228 g/mol. The second-order valence-corrected chi connectivity index (χ2v) is 6.90. The Hall–Kier alpha value is 0. The first-order valence-electron chi connectivity index (χ1n) is 9.20. The Morgan fingerprint density at radius 1 is 0.579 bits per heavy atom. The van der Waals surface area contributed by atoms with Crippen LogP contribution in [-0.2, 0) is 0 Å². The van der Waals surface area contributed by atoms with E-state index in [4.69, 9.17) is 0 Å². The summed E-state index contributed by atoms with van der Waals surface area (Å²) in [5.41, 5.74) is 0. The van der Waals surface area contributed by atoms with Crippen molar-refractivity contribution in [3.8, 4) is 0 Å². The fourth-order valence-electron chi connectivity index (χ4n) is 3.12. The van der Waals surface area contributed by atoms with E-state index in [-0.39, 0.29) is 0 Å². The summed E-state index contributed by atoms with van der Waals surface area (Å²) >= 11 is 0. The largest absolute Gasteiger partial charge is 0.0654 e. The number of rotatable bonds is 14. The molecule has 0 N–H and O–H groups in total. The van der Waals surface area contributed by atoms with Crippen LogP contribution < -0.4 is 0 Å². The molecule has 0 nitrogen and oxygen atoms in total. The van der Waals surface area contributed by atoms with Crippen molar-refractivity contribution >= 4 is 0 Å². The zero-order valence-electron chi connectivity index (χ0n) is 14.3. The quantitative estimate of drug-likeness (QED) is 0.288. The fourth-order valence-corrected chi connectivity index (χ4v) is 3.12. The minimum Gasteiger partial charge on any atom is -0.0654 e. The monoisotopic (exact) mass is 268 g/mol. The molecule has 0 saturated heterocycles. The molecule has 0 amide bonds. The lowest BCUT2D eigenvalue weighted by molar-refractivity contribution is 0.339. The van der Waals surface area contributed by atoms with Gasteiger partial charge in [-0.2, -0.15) is 0 Å². The van der Waals surface area contributed by atoms with Gasteiger partial charge in [0, 0.05) is 0 Å². The molecule has 0 aliphatic carbocycles. The summed E-state index contributed by atoms with van der Waals surface area (Å²) in [7, 11) is 0. The van der Waals surface area contributed by atoms with E-state index in [1.807, 2.05) is 0 Å². The first kappa shape index (κ1) is 19.0. The molecule has 116 valence electrons. The fraction of sp³-hybridized carbons (Fsp3) is 1.00.